The molecule has 0 saturated heterocycles. The fraction of sp³-hybridized carbons (Fsp3) is 1.00. The zero-order valence-electron chi connectivity index (χ0n) is 12.0. The molecule has 0 bridgehead atoms. The van der Waals surface area contributed by atoms with Gasteiger partial charge in [0.1, 0.15) is 0 Å². The average molecular weight is 228 g/mol. The van der Waals surface area contributed by atoms with Crippen LogP contribution in [-0.2, 0) is 0 Å². The molecule has 0 aliphatic rings. The van der Waals surface area contributed by atoms with Gasteiger partial charge in [0.05, 0.1) is 0 Å². The molecule has 0 saturated carbocycles. The summed E-state index contributed by atoms with van der Waals surface area (Å²) in [6.07, 6.45) is 10.9. The van der Waals surface area contributed by atoms with E-state index in [4.69, 9.17) is 0 Å². The van der Waals surface area contributed by atoms with Gasteiger partial charge >= 0.3 is 0 Å². The van der Waals surface area contributed by atoms with Gasteiger partial charge in [0, 0.05) is 27.2 Å². The van der Waals surface area contributed by atoms with Gasteiger partial charge in [-0.3, -0.25) is 0 Å². The number of unbranched alkanes of at least 4 members (excludes halogenated alkanes) is 6. The molecule has 0 atom stereocenters. The van der Waals surface area contributed by atoms with Crippen molar-refractivity contribution in [3.8, 4) is 0 Å². The Morgan fingerprint density at radius 1 is 0.562 bits per heavy atom. The Labute approximate surface area is 103 Å². The lowest BCUT2D eigenvalue weighted by Gasteiger charge is -2.28. The van der Waals surface area contributed by atoms with Crippen LogP contribution in [0.3, 0.4) is 0 Å². The van der Waals surface area contributed by atoms with E-state index in [0.29, 0.717) is 0 Å². The Morgan fingerprint density at radius 3 is 1.25 bits per heavy atom. The maximum Gasteiger partial charge on any atom is 0.0130 e. The summed E-state index contributed by atoms with van der Waals surface area (Å²) < 4.78 is 0. The molecule has 0 aromatic carbocycles. The molecule has 0 radical (unpaired) electrons. The number of rotatable bonds is 11. The molecule has 0 spiro atoms. The quantitative estimate of drug-likeness (QED) is 0.390. The van der Waals surface area contributed by atoms with Crippen molar-refractivity contribution in [1.29, 1.82) is 0 Å². The lowest BCUT2D eigenvalue weighted by molar-refractivity contribution is 0.0241. The van der Waals surface area contributed by atoms with Crippen LogP contribution in [0.5, 0.6) is 0 Å². The molecule has 0 fully saturated rings. The van der Waals surface area contributed by atoms with E-state index in [9.17, 15) is 0 Å². The second kappa shape index (κ2) is 11.4. The summed E-state index contributed by atoms with van der Waals surface area (Å²) >= 11 is 0. The van der Waals surface area contributed by atoms with Crippen LogP contribution in [0.4, 0.5) is 0 Å². The molecular formula is C14H32N2. The Kier molecular flexibility index (Phi) is 11.3. The molecule has 16 heavy (non-hydrogen) atoms. The fourth-order valence-corrected chi connectivity index (χ4v) is 1.88. The fourth-order valence-electron chi connectivity index (χ4n) is 1.88. The van der Waals surface area contributed by atoms with Crippen molar-refractivity contribution in [1.82, 2.24) is 10.0 Å². The van der Waals surface area contributed by atoms with Crippen LogP contribution >= 0.6 is 0 Å². The molecule has 2 nitrogen and oxygen atoms in total. The van der Waals surface area contributed by atoms with E-state index in [1.807, 2.05) is 0 Å². The summed E-state index contributed by atoms with van der Waals surface area (Å²) in [7, 11) is 4.43. The minimum atomic E-state index is 1.21. The first kappa shape index (κ1) is 15.9. The molecule has 0 aliphatic carbocycles. The van der Waals surface area contributed by atoms with E-state index in [2.05, 4.69) is 38.0 Å². The Balaban J connectivity index is 3.38. The van der Waals surface area contributed by atoms with Crippen LogP contribution in [0.1, 0.15) is 65.2 Å². The summed E-state index contributed by atoms with van der Waals surface area (Å²) in [5.41, 5.74) is 0. The topological polar surface area (TPSA) is 6.48 Å². The highest BCUT2D eigenvalue weighted by molar-refractivity contribution is 4.51. The SMILES string of the molecule is CCCCCCN(C)N(C)CCCCCC. The Bertz CT molecular complexity index is 121. The second-order valence-electron chi connectivity index (χ2n) is 4.88. The third-order valence-electron chi connectivity index (χ3n) is 3.25. The van der Waals surface area contributed by atoms with E-state index in [1.54, 1.807) is 0 Å². The lowest BCUT2D eigenvalue weighted by Crippen LogP contribution is -2.37. The molecule has 0 amide bonds. The maximum absolute atomic E-state index is 2.38. The zero-order valence-corrected chi connectivity index (χ0v) is 12.0. The summed E-state index contributed by atoms with van der Waals surface area (Å²) in [6.45, 7) is 6.96. The lowest BCUT2D eigenvalue weighted by atomic mass is 10.2. The van der Waals surface area contributed by atoms with Crippen LogP contribution in [0.2, 0.25) is 0 Å². The highest BCUT2D eigenvalue weighted by Crippen LogP contribution is 2.04. The maximum atomic E-state index is 2.38. The van der Waals surface area contributed by atoms with Crippen molar-refractivity contribution in [2.24, 2.45) is 0 Å². The van der Waals surface area contributed by atoms with Gasteiger partial charge in [0.2, 0.25) is 0 Å². The summed E-state index contributed by atoms with van der Waals surface area (Å²) in [5.74, 6) is 0. The average Bonchev–Trinajstić information content (AvgIpc) is 2.29. The van der Waals surface area contributed by atoms with Crippen molar-refractivity contribution >= 4 is 0 Å². The largest absolute Gasteiger partial charge is 0.245 e. The highest BCUT2D eigenvalue weighted by Gasteiger charge is 2.04. The van der Waals surface area contributed by atoms with Gasteiger partial charge in [-0.25, -0.2) is 10.0 Å². The molecular weight excluding hydrogens is 196 g/mol. The number of hydrogen-bond acceptors (Lipinski definition) is 2. The molecule has 0 aliphatic heterocycles. The van der Waals surface area contributed by atoms with Gasteiger partial charge in [0.25, 0.3) is 0 Å². The van der Waals surface area contributed by atoms with Gasteiger partial charge in [0.15, 0.2) is 0 Å². The predicted octanol–water partition coefficient (Wildman–Crippen LogP) is 3.93. The number of nitrogens with zero attached hydrogens (tertiary/aromatic N) is 2. The Morgan fingerprint density at radius 2 is 0.938 bits per heavy atom. The van der Waals surface area contributed by atoms with E-state index in [-0.39, 0.29) is 0 Å². The van der Waals surface area contributed by atoms with E-state index >= 15 is 0 Å². The smallest absolute Gasteiger partial charge is 0.0130 e. The molecule has 0 rings (SSSR count). The van der Waals surface area contributed by atoms with Crippen molar-refractivity contribution in [3.63, 3.8) is 0 Å². The number of hydrogen-bond donors (Lipinski definition) is 0. The molecule has 0 unspecified atom stereocenters. The minimum absolute atomic E-state index is 1.21. The van der Waals surface area contributed by atoms with E-state index in [0.717, 1.165) is 0 Å². The first-order valence-corrected chi connectivity index (χ1v) is 7.14. The van der Waals surface area contributed by atoms with Crippen molar-refractivity contribution < 1.29 is 0 Å². The summed E-state index contributed by atoms with van der Waals surface area (Å²) in [5, 5.41) is 4.75. The summed E-state index contributed by atoms with van der Waals surface area (Å²) in [4.78, 5) is 0. The predicted molar refractivity (Wildman–Crippen MR) is 73.5 cm³/mol. The zero-order chi connectivity index (χ0) is 12.2. The second-order valence-corrected chi connectivity index (χ2v) is 4.88. The van der Waals surface area contributed by atoms with Crippen LogP contribution < -0.4 is 0 Å². The molecule has 0 heterocycles. The molecule has 98 valence electrons. The minimum Gasteiger partial charge on any atom is -0.245 e. The molecule has 0 aromatic heterocycles. The normalized spacial score (nSPS) is 11.6. The van der Waals surface area contributed by atoms with Crippen molar-refractivity contribution in [3.05, 3.63) is 0 Å². The van der Waals surface area contributed by atoms with Gasteiger partial charge in [-0.05, 0) is 12.8 Å². The van der Waals surface area contributed by atoms with Crippen LogP contribution in [-0.4, -0.2) is 37.2 Å². The third kappa shape index (κ3) is 9.17. The first-order chi connectivity index (χ1) is 7.72. The van der Waals surface area contributed by atoms with Crippen LogP contribution in [0, 0.1) is 0 Å². The van der Waals surface area contributed by atoms with Crippen molar-refractivity contribution in [2.45, 2.75) is 65.2 Å². The number of hydrazine groups is 1. The first-order valence-electron chi connectivity index (χ1n) is 7.14. The monoisotopic (exact) mass is 228 g/mol. The Hall–Kier alpha value is -0.0800. The van der Waals surface area contributed by atoms with E-state index in [1.165, 1.54) is 64.5 Å². The van der Waals surface area contributed by atoms with Gasteiger partial charge < -0.3 is 0 Å². The third-order valence-corrected chi connectivity index (χ3v) is 3.25. The molecule has 2 heteroatoms. The highest BCUT2D eigenvalue weighted by atomic mass is 15.6. The van der Waals surface area contributed by atoms with Crippen molar-refractivity contribution in [2.75, 3.05) is 27.2 Å². The molecule has 0 aromatic rings. The van der Waals surface area contributed by atoms with Crippen LogP contribution in [0.25, 0.3) is 0 Å². The molecule has 0 N–H and O–H groups in total. The van der Waals surface area contributed by atoms with E-state index < -0.39 is 0 Å². The van der Waals surface area contributed by atoms with Crippen LogP contribution in [0.15, 0.2) is 0 Å². The summed E-state index contributed by atoms with van der Waals surface area (Å²) in [6, 6.07) is 0. The van der Waals surface area contributed by atoms with Gasteiger partial charge in [-0.15, -0.1) is 0 Å². The van der Waals surface area contributed by atoms with Gasteiger partial charge in [-0.1, -0.05) is 52.4 Å². The van der Waals surface area contributed by atoms with Gasteiger partial charge in [-0.2, -0.15) is 0 Å². The standard InChI is InChI=1S/C14H32N2/c1-5-7-9-11-13-15(3)16(4)14-12-10-8-6-2/h5-14H2,1-4H3.